The van der Waals surface area contributed by atoms with E-state index in [0.29, 0.717) is 6.73 Å². The zero-order valence-corrected chi connectivity index (χ0v) is 6.24. The highest BCUT2D eigenvalue weighted by molar-refractivity contribution is 5.87. The Labute approximate surface area is 64.7 Å². The first-order valence-corrected chi connectivity index (χ1v) is 3.08. The molecule has 0 N–H and O–H groups in total. The van der Waals surface area contributed by atoms with Crippen LogP contribution in [0.3, 0.4) is 0 Å². The minimum atomic E-state index is -0.444. The monoisotopic (exact) mass is 155 g/mol. The number of carbonyl (C=O) groups is 1. The lowest BCUT2D eigenvalue weighted by Gasteiger charge is -2.13. The number of methoxy groups -OCH3 is 1. The summed E-state index contributed by atoms with van der Waals surface area (Å²) in [6.07, 6.45) is 3.12. The average Bonchev–Trinajstić information content (AvgIpc) is 2.53. The van der Waals surface area contributed by atoms with Crippen LogP contribution in [-0.2, 0) is 14.3 Å². The summed E-state index contributed by atoms with van der Waals surface area (Å²) in [5, 5.41) is 0. The van der Waals surface area contributed by atoms with Crippen LogP contribution < -0.4 is 0 Å². The highest BCUT2D eigenvalue weighted by atomic mass is 16.5. The molecule has 0 aliphatic carbocycles. The summed E-state index contributed by atoms with van der Waals surface area (Å²) < 4.78 is 9.30. The van der Waals surface area contributed by atoms with Crippen LogP contribution in [0.15, 0.2) is 24.7 Å². The number of esters is 1. The van der Waals surface area contributed by atoms with Crippen molar-refractivity contribution in [2.45, 2.75) is 0 Å². The van der Waals surface area contributed by atoms with Crippen LogP contribution in [0.5, 0.6) is 0 Å². The van der Waals surface area contributed by atoms with Crippen molar-refractivity contribution >= 4 is 5.97 Å². The van der Waals surface area contributed by atoms with Gasteiger partial charge in [-0.25, -0.2) is 4.79 Å². The van der Waals surface area contributed by atoms with Gasteiger partial charge >= 0.3 is 5.97 Å². The summed E-state index contributed by atoms with van der Waals surface area (Å²) in [6.45, 7) is 3.85. The Hall–Kier alpha value is -1.45. The van der Waals surface area contributed by atoms with E-state index >= 15 is 0 Å². The van der Waals surface area contributed by atoms with Gasteiger partial charge in [0.1, 0.15) is 12.0 Å². The van der Waals surface area contributed by atoms with Crippen molar-refractivity contribution in [2.75, 3.05) is 13.8 Å². The minimum absolute atomic E-state index is 0.279. The molecule has 1 heterocycles. The maximum atomic E-state index is 10.8. The van der Waals surface area contributed by atoms with Crippen LogP contribution in [0.1, 0.15) is 0 Å². The van der Waals surface area contributed by atoms with E-state index in [0.717, 1.165) is 0 Å². The zero-order valence-electron chi connectivity index (χ0n) is 6.24. The molecule has 0 fully saturated rings. The second kappa shape index (κ2) is 3.09. The Bertz CT molecular complexity index is 210. The molecule has 11 heavy (non-hydrogen) atoms. The number of ether oxygens (including phenoxy) is 2. The number of hydrogen-bond donors (Lipinski definition) is 0. The summed E-state index contributed by atoms with van der Waals surface area (Å²) in [7, 11) is 1.31. The summed E-state index contributed by atoms with van der Waals surface area (Å²) in [6, 6.07) is 0. The van der Waals surface area contributed by atoms with Crippen molar-refractivity contribution in [2.24, 2.45) is 0 Å². The van der Waals surface area contributed by atoms with Crippen LogP contribution in [0.2, 0.25) is 0 Å². The zero-order chi connectivity index (χ0) is 8.27. The van der Waals surface area contributed by atoms with Gasteiger partial charge < -0.3 is 14.4 Å². The third-order valence-corrected chi connectivity index (χ3v) is 1.32. The van der Waals surface area contributed by atoms with Gasteiger partial charge in [0.05, 0.1) is 7.11 Å². The lowest BCUT2D eigenvalue weighted by atomic mass is 10.4. The molecule has 0 spiro atoms. The van der Waals surface area contributed by atoms with E-state index in [1.165, 1.54) is 13.4 Å². The lowest BCUT2D eigenvalue weighted by molar-refractivity contribution is -0.137. The molecule has 4 nitrogen and oxygen atoms in total. The molecule has 0 unspecified atom stereocenters. The van der Waals surface area contributed by atoms with E-state index in [-0.39, 0.29) is 5.70 Å². The Morgan fingerprint density at radius 1 is 1.82 bits per heavy atom. The topological polar surface area (TPSA) is 38.8 Å². The Morgan fingerprint density at radius 3 is 3.00 bits per heavy atom. The molecule has 0 saturated heterocycles. The van der Waals surface area contributed by atoms with Crippen molar-refractivity contribution in [3.05, 3.63) is 24.7 Å². The van der Waals surface area contributed by atoms with E-state index < -0.39 is 5.97 Å². The standard InChI is InChI=1S/C7H9NO3/c1-6(7(9)10-2)8-3-4-11-5-8/h3-4H,1,5H2,2H3. The minimum Gasteiger partial charge on any atom is -0.479 e. The first-order chi connectivity index (χ1) is 5.25. The van der Waals surface area contributed by atoms with Gasteiger partial charge in [0.2, 0.25) is 0 Å². The molecular weight excluding hydrogens is 146 g/mol. The maximum Gasteiger partial charge on any atom is 0.354 e. The fourth-order valence-corrected chi connectivity index (χ4v) is 0.686. The van der Waals surface area contributed by atoms with Crippen LogP contribution in [-0.4, -0.2) is 24.7 Å². The van der Waals surface area contributed by atoms with Gasteiger partial charge in [-0.15, -0.1) is 0 Å². The molecule has 1 rings (SSSR count). The lowest BCUT2D eigenvalue weighted by Crippen LogP contribution is -2.21. The Balaban J connectivity index is 2.53. The third-order valence-electron chi connectivity index (χ3n) is 1.32. The quantitative estimate of drug-likeness (QED) is 0.428. The van der Waals surface area contributed by atoms with E-state index in [1.54, 1.807) is 11.1 Å². The first kappa shape index (κ1) is 7.65. The van der Waals surface area contributed by atoms with Crippen LogP contribution >= 0.6 is 0 Å². The van der Waals surface area contributed by atoms with E-state index in [1.807, 2.05) is 0 Å². The van der Waals surface area contributed by atoms with Crippen LogP contribution in [0.25, 0.3) is 0 Å². The van der Waals surface area contributed by atoms with Crippen LogP contribution in [0, 0.1) is 0 Å². The largest absolute Gasteiger partial charge is 0.479 e. The van der Waals surface area contributed by atoms with Crippen LogP contribution in [0.4, 0.5) is 0 Å². The van der Waals surface area contributed by atoms with Crippen molar-refractivity contribution in [1.82, 2.24) is 4.90 Å². The highest BCUT2D eigenvalue weighted by Crippen LogP contribution is 2.09. The fraction of sp³-hybridized carbons (Fsp3) is 0.286. The van der Waals surface area contributed by atoms with Gasteiger partial charge in [-0.05, 0) is 0 Å². The van der Waals surface area contributed by atoms with Crippen molar-refractivity contribution in [1.29, 1.82) is 0 Å². The molecule has 0 amide bonds. The first-order valence-electron chi connectivity index (χ1n) is 3.08. The molecule has 0 aromatic heterocycles. The van der Waals surface area contributed by atoms with Gasteiger partial charge in [0, 0.05) is 6.20 Å². The Morgan fingerprint density at radius 2 is 2.55 bits per heavy atom. The van der Waals surface area contributed by atoms with E-state index in [2.05, 4.69) is 11.3 Å². The second-order valence-corrected chi connectivity index (χ2v) is 1.99. The van der Waals surface area contributed by atoms with Gasteiger partial charge in [0.15, 0.2) is 6.73 Å². The predicted molar refractivity (Wildman–Crippen MR) is 38.1 cm³/mol. The van der Waals surface area contributed by atoms with E-state index in [9.17, 15) is 4.79 Å². The SMILES string of the molecule is C=C(C(=O)OC)N1C=COC1. The molecule has 0 saturated carbocycles. The highest BCUT2D eigenvalue weighted by Gasteiger charge is 2.15. The molecule has 0 aromatic rings. The average molecular weight is 155 g/mol. The number of rotatable bonds is 2. The van der Waals surface area contributed by atoms with Gasteiger partial charge in [-0.3, -0.25) is 0 Å². The summed E-state index contributed by atoms with van der Waals surface area (Å²) in [5.74, 6) is -0.444. The molecule has 0 aromatic carbocycles. The number of nitrogens with zero attached hydrogens (tertiary/aromatic N) is 1. The smallest absolute Gasteiger partial charge is 0.354 e. The molecule has 60 valence electrons. The molecule has 0 bridgehead atoms. The van der Waals surface area contributed by atoms with Gasteiger partial charge in [-0.2, -0.15) is 0 Å². The second-order valence-electron chi connectivity index (χ2n) is 1.99. The molecule has 0 atom stereocenters. The summed E-state index contributed by atoms with van der Waals surface area (Å²) >= 11 is 0. The predicted octanol–water partition coefficient (Wildman–Crippen LogP) is 0.434. The fourth-order valence-electron chi connectivity index (χ4n) is 0.686. The third kappa shape index (κ3) is 1.52. The Kier molecular flexibility index (Phi) is 2.15. The molecule has 0 radical (unpaired) electrons. The number of hydrogen-bond acceptors (Lipinski definition) is 4. The summed E-state index contributed by atoms with van der Waals surface area (Å²) in [4.78, 5) is 12.4. The molecule has 1 aliphatic heterocycles. The van der Waals surface area contributed by atoms with Crippen molar-refractivity contribution < 1.29 is 14.3 Å². The van der Waals surface area contributed by atoms with E-state index in [4.69, 9.17) is 4.74 Å². The molecule has 4 heteroatoms. The molecule has 1 aliphatic rings. The summed E-state index contributed by atoms with van der Waals surface area (Å²) in [5.41, 5.74) is 0.279. The van der Waals surface area contributed by atoms with Gasteiger partial charge in [-0.1, -0.05) is 6.58 Å². The van der Waals surface area contributed by atoms with Crippen molar-refractivity contribution in [3.8, 4) is 0 Å². The van der Waals surface area contributed by atoms with Gasteiger partial charge in [0.25, 0.3) is 0 Å². The molecular formula is C7H9NO3. The van der Waals surface area contributed by atoms with Crippen molar-refractivity contribution in [3.63, 3.8) is 0 Å². The normalized spacial score (nSPS) is 14.5. The number of carbonyl (C=O) groups excluding carboxylic acids is 1. The maximum absolute atomic E-state index is 10.8.